The number of benzene rings is 3. The molecular weight excluding hydrogens is 433 g/mol. The van der Waals surface area contributed by atoms with Gasteiger partial charge in [0.15, 0.2) is 5.17 Å². The van der Waals surface area contributed by atoms with Crippen molar-refractivity contribution < 1.29 is 21.6 Å². The van der Waals surface area contributed by atoms with E-state index in [4.69, 9.17) is 0 Å². The molecule has 1 aliphatic heterocycles. The maximum absolute atomic E-state index is 13.2. The quantitative estimate of drug-likeness (QED) is 0.552. The summed E-state index contributed by atoms with van der Waals surface area (Å²) in [6.45, 7) is 0.590. The van der Waals surface area contributed by atoms with Crippen molar-refractivity contribution >= 4 is 37.7 Å². The van der Waals surface area contributed by atoms with Gasteiger partial charge in [-0.15, -0.1) is 0 Å². The molecule has 0 saturated carbocycles. The van der Waals surface area contributed by atoms with Crippen LogP contribution in [0.15, 0.2) is 76.6 Å². The lowest BCUT2D eigenvalue weighted by Gasteiger charge is -2.20. The van der Waals surface area contributed by atoms with Gasteiger partial charge in [0.05, 0.1) is 23.5 Å². The van der Waals surface area contributed by atoms with Crippen LogP contribution in [0.3, 0.4) is 0 Å². The van der Waals surface area contributed by atoms with E-state index in [1.807, 2.05) is 24.3 Å². The lowest BCUT2D eigenvalue weighted by molar-refractivity contribution is -0.137. The van der Waals surface area contributed by atoms with E-state index in [0.29, 0.717) is 23.0 Å². The molecule has 156 valence electrons. The van der Waals surface area contributed by atoms with Gasteiger partial charge in [-0.05, 0) is 40.6 Å². The van der Waals surface area contributed by atoms with Crippen LogP contribution in [-0.2, 0) is 22.0 Å². The Morgan fingerprint density at radius 1 is 0.967 bits per heavy atom. The molecule has 0 aliphatic carbocycles. The van der Waals surface area contributed by atoms with E-state index in [9.17, 15) is 21.6 Å². The molecule has 0 saturated heterocycles. The van der Waals surface area contributed by atoms with E-state index in [1.165, 1.54) is 28.2 Å². The van der Waals surface area contributed by atoms with Crippen LogP contribution in [0.25, 0.3) is 10.8 Å². The van der Waals surface area contributed by atoms with Crippen LogP contribution in [0.2, 0.25) is 0 Å². The number of fused-ring (bicyclic) bond motifs is 1. The Bertz CT molecular complexity index is 1210. The molecule has 1 heterocycles. The Balaban J connectivity index is 1.51. The Morgan fingerprint density at radius 2 is 1.67 bits per heavy atom. The lowest BCUT2D eigenvalue weighted by Crippen LogP contribution is -2.32. The van der Waals surface area contributed by atoms with Crippen LogP contribution in [0.5, 0.6) is 0 Å². The predicted octanol–water partition coefficient (Wildman–Crippen LogP) is 5.15. The van der Waals surface area contributed by atoms with Gasteiger partial charge in [0.2, 0.25) is 0 Å². The van der Waals surface area contributed by atoms with Gasteiger partial charge in [-0.3, -0.25) is 4.99 Å². The van der Waals surface area contributed by atoms with Crippen LogP contribution >= 0.6 is 11.8 Å². The minimum atomic E-state index is -4.38. The Hall–Kier alpha value is -2.52. The van der Waals surface area contributed by atoms with Crippen molar-refractivity contribution in [1.82, 2.24) is 4.31 Å². The molecule has 0 atom stereocenters. The number of aliphatic imine (C=N–C) groups is 1. The van der Waals surface area contributed by atoms with E-state index < -0.39 is 21.8 Å². The number of hydrogen-bond acceptors (Lipinski definition) is 4. The van der Waals surface area contributed by atoms with Gasteiger partial charge in [-0.2, -0.15) is 13.2 Å². The maximum Gasteiger partial charge on any atom is 0.416 e. The molecule has 0 fully saturated rings. The van der Waals surface area contributed by atoms with E-state index in [1.54, 1.807) is 18.2 Å². The minimum Gasteiger partial charge on any atom is -0.260 e. The first-order chi connectivity index (χ1) is 14.2. The third kappa shape index (κ3) is 4.17. The summed E-state index contributed by atoms with van der Waals surface area (Å²) in [5.41, 5.74) is -0.0550. The largest absolute Gasteiger partial charge is 0.416 e. The van der Waals surface area contributed by atoms with Crippen molar-refractivity contribution in [3.05, 3.63) is 77.9 Å². The van der Waals surface area contributed by atoms with Gasteiger partial charge in [-0.25, -0.2) is 12.7 Å². The predicted molar refractivity (Wildman–Crippen MR) is 113 cm³/mol. The van der Waals surface area contributed by atoms with Crippen molar-refractivity contribution in [3.8, 4) is 0 Å². The Labute approximate surface area is 176 Å². The van der Waals surface area contributed by atoms with Crippen LogP contribution < -0.4 is 0 Å². The molecule has 4 rings (SSSR count). The molecule has 0 spiro atoms. The SMILES string of the molecule is O=S(=O)(c1ccc2ccccc2c1)N1CCN=C1SCc1ccc(C(F)(F)F)cc1. The van der Waals surface area contributed by atoms with Crippen molar-refractivity contribution in [1.29, 1.82) is 0 Å². The van der Waals surface area contributed by atoms with Gasteiger partial charge in [-0.1, -0.05) is 54.2 Å². The Morgan fingerprint density at radius 3 is 2.37 bits per heavy atom. The highest BCUT2D eigenvalue weighted by Gasteiger charge is 2.32. The second-order valence-corrected chi connectivity index (χ2v) is 9.54. The summed E-state index contributed by atoms with van der Waals surface area (Å²) >= 11 is 1.20. The zero-order valence-electron chi connectivity index (χ0n) is 15.6. The summed E-state index contributed by atoms with van der Waals surface area (Å²) in [5, 5.41) is 2.13. The monoisotopic (exact) mass is 450 g/mol. The topological polar surface area (TPSA) is 49.7 Å². The second kappa shape index (κ2) is 7.96. The van der Waals surface area contributed by atoms with Crippen LogP contribution in [-0.4, -0.2) is 31.0 Å². The molecule has 30 heavy (non-hydrogen) atoms. The van der Waals surface area contributed by atoms with Crippen molar-refractivity contribution in [2.45, 2.75) is 16.8 Å². The van der Waals surface area contributed by atoms with Crippen LogP contribution in [0, 0.1) is 0 Å². The molecule has 0 unspecified atom stereocenters. The first kappa shape index (κ1) is 20.7. The fourth-order valence-electron chi connectivity index (χ4n) is 3.14. The zero-order chi connectivity index (χ0) is 21.4. The number of nitrogens with zero attached hydrogens (tertiary/aromatic N) is 2. The molecule has 0 bridgehead atoms. The smallest absolute Gasteiger partial charge is 0.260 e. The van der Waals surface area contributed by atoms with Crippen LogP contribution in [0.4, 0.5) is 13.2 Å². The van der Waals surface area contributed by atoms with E-state index in [-0.39, 0.29) is 11.4 Å². The summed E-state index contributed by atoms with van der Waals surface area (Å²) in [7, 11) is -3.78. The molecule has 4 nitrogen and oxygen atoms in total. The van der Waals surface area contributed by atoms with E-state index in [2.05, 4.69) is 4.99 Å². The van der Waals surface area contributed by atoms with Crippen molar-refractivity contribution in [2.75, 3.05) is 13.1 Å². The van der Waals surface area contributed by atoms with Crippen molar-refractivity contribution in [2.24, 2.45) is 4.99 Å². The second-order valence-electron chi connectivity index (χ2n) is 6.73. The normalized spacial score (nSPS) is 14.9. The molecule has 1 aliphatic rings. The molecule has 3 aromatic carbocycles. The standard InChI is InChI=1S/C21H17F3N2O2S2/c22-21(23,24)18-8-5-15(6-9-18)14-29-20-25-11-12-26(20)30(27,28)19-10-7-16-3-1-2-4-17(16)13-19/h1-10,13H,11-12,14H2. The van der Waals surface area contributed by atoms with Gasteiger partial charge < -0.3 is 0 Å². The maximum atomic E-state index is 13.2. The fraction of sp³-hybridized carbons (Fsp3) is 0.190. The molecule has 9 heteroatoms. The van der Waals surface area contributed by atoms with Gasteiger partial charge >= 0.3 is 6.18 Å². The average Bonchev–Trinajstić information content (AvgIpc) is 3.21. The first-order valence-corrected chi connectivity index (χ1v) is 11.5. The van der Waals surface area contributed by atoms with E-state index >= 15 is 0 Å². The Kier molecular flexibility index (Phi) is 5.50. The summed E-state index contributed by atoms with van der Waals surface area (Å²) < 4.78 is 65.7. The van der Waals surface area contributed by atoms with Gasteiger partial charge in [0, 0.05) is 5.75 Å². The van der Waals surface area contributed by atoms with Gasteiger partial charge in [0.25, 0.3) is 10.0 Å². The minimum absolute atomic E-state index is 0.186. The molecular formula is C21H17F3N2O2S2. The number of rotatable bonds is 4. The fourth-order valence-corrected chi connectivity index (χ4v) is 5.86. The van der Waals surface area contributed by atoms with Gasteiger partial charge in [0.1, 0.15) is 0 Å². The highest BCUT2D eigenvalue weighted by molar-refractivity contribution is 8.14. The molecule has 0 radical (unpaired) electrons. The first-order valence-electron chi connectivity index (χ1n) is 9.10. The number of thioether (sulfide) groups is 1. The number of sulfonamides is 1. The van der Waals surface area contributed by atoms with Crippen molar-refractivity contribution in [3.63, 3.8) is 0 Å². The van der Waals surface area contributed by atoms with Crippen LogP contribution in [0.1, 0.15) is 11.1 Å². The molecule has 0 aromatic heterocycles. The lowest BCUT2D eigenvalue weighted by atomic mass is 10.1. The average molecular weight is 451 g/mol. The number of amidine groups is 1. The molecule has 3 aromatic rings. The summed E-state index contributed by atoms with van der Waals surface area (Å²) in [6, 6.07) is 17.3. The van der Waals surface area contributed by atoms with E-state index in [0.717, 1.165) is 22.9 Å². The highest BCUT2D eigenvalue weighted by Crippen LogP contribution is 2.31. The number of hydrogen-bond donors (Lipinski definition) is 0. The molecule has 0 N–H and O–H groups in total. The third-order valence-corrected chi connectivity index (χ3v) is 7.71. The third-order valence-electron chi connectivity index (χ3n) is 4.72. The number of halogens is 3. The highest BCUT2D eigenvalue weighted by atomic mass is 32.2. The zero-order valence-corrected chi connectivity index (χ0v) is 17.3. The molecule has 0 amide bonds. The number of alkyl halides is 3. The summed E-state index contributed by atoms with van der Waals surface area (Å²) in [4.78, 5) is 4.48. The summed E-state index contributed by atoms with van der Waals surface area (Å²) in [6.07, 6.45) is -4.38. The summed E-state index contributed by atoms with van der Waals surface area (Å²) in [5.74, 6) is 0.320.